The van der Waals surface area contributed by atoms with Crippen molar-refractivity contribution < 1.29 is 32.7 Å². The van der Waals surface area contributed by atoms with Crippen molar-refractivity contribution in [3.05, 3.63) is 82.0 Å². The van der Waals surface area contributed by atoms with Gasteiger partial charge in [0, 0.05) is 56.5 Å². The number of halogens is 1. The maximum absolute atomic E-state index is 15.0. The average Bonchev–Trinajstić information content (AvgIpc) is 3.52. The summed E-state index contributed by atoms with van der Waals surface area (Å²) in [5.74, 6) is -0.836. The highest BCUT2D eigenvalue weighted by Gasteiger charge is 2.38. The van der Waals surface area contributed by atoms with Crippen LogP contribution in [0.2, 0.25) is 5.02 Å². The van der Waals surface area contributed by atoms with Gasteiger partial charge in [0.15, 0.2) is 0 Å². The van der Waals surface area contributed by atoms with Crippen molar-refractivity contribution in [3.8, 4) is 11.6 Å². The molecule has 13 nitrogen and oxygen atoms in total. The van der Waals surface area contributed by atoms with Crippen LogP contribution in [-0.2, 0) is 39.4 Å². The fraction of sp³-hybridized carbons (Fsp3) is 0.537. The molecule has 1 N–H and O–H groups in total. The number of anilines is 1. The zero-order valence-electron chi connectivity index (χ0n) is 33.2. The molecule has 1 unspecified atom stereocenters. The Hall–Kier alpha value is -3.95. The number of methoxy groups -OCH3 is 2. The fourth-order valence-electron chi connectivity index (χ4n) is 7.70. The number of ether oxygens (including phenoxy) is 4. The molecule has 56 heavy (non-hydrogen) atoms. The molecule has 6 atom stereocenters. The molecule has 1 aromatic heterocycles. The van der Waals surface area contributed by atoms with E-state index in [0.717, 1.165) is 43.4 Å². The summed E-state index contributed by atoms with van der Waals surface area (Å²) < 4.78 is 47.7. The minimum Gasteiger partial charge on any atom is -0.491 e. The molecule has 2 amide bonds. The van der Waals surface area contributed by atoms with Crippen molar-refractivity contribution in [2.75, 3.05) is 65.3 Å². The van der Waals surface area contributed by atoms with Gasteiger partial charge in [-0.05, 0) is 99.5 Å². The Morgan fingerprint density at radius 2 is 1.89 bits per heavy atom. The van der Waals surface area contributed by atoms with E-state index in [1.807, 2.05) is 44.1 Å². The minimum absolute atomic E-state index is 0.0569. The van der Waals surface area contributed by atoms with Crippen molar-refractivity contribution >= 4 is 39.0 Å². The Balaban J connectivity index is 1.48. The van der Waals surface area contributed by atoms with Crippen LogP contribution in [0.5, 0.6) is 11.6 Å². The molecule has 1 saturated carbocycles. The second kappa shape index (κ2) is 18.5. The number of aromatic nitrogens is 2. The minimum atomic E-state index is -3.77. The molecule has 304 valence electrons. The average molecular weight is 811 g/mol. The topological polar surface area (TPSA) is 137 Å². The third-order valence-corrected chi connectivity index (χ3v) is 13.1. The summed E-state index contributed by atoms with van der Waals surface area (Å²) in [6.07, 6.45) is 9.45. The molecule has 3 aliphatic rings. The van der Waals surface area contributed by atoms with E-state index in [1.54, 1.807) is 32.4 Å². The molecule has 0 saturated heterocycles. The normalized spacial score (nSPS) is 26.4. The summed E-state index contributed by atoms with van der Waals surface area (Å²) in [7, 11) is 4.94. The molecule has 3 aromatic rings. The van der Waals surface area contributed by atoms with Crippen molar-refractivity contribution in [3.63, 3.8) is 0 Å². The second-order valence-electron chi connectivity index (χ2n) is 15.3. The van der Waals surface area contributed by atoms with E-state index >= 15 is 4.21 Å². The van der Waals surface area contributed by atoms with Crippen LogP contribution in [0.25, 0.3) is 0 Å². The number of benzene rings is 2. The van der Waals surface area contributed by atoms with Crippen LogP contribution in [-0.4, -0.2) is 103 Å². The van der Waals surface area contributed by atoms with Gasteiger partial charge in [-0.1, -0.05) is 36.7 Å². The summed E-state index contributed by atoms with van der Waals surface area (Å²) in [6, 6.07) is 11.3. The smallest absolute Gasteiger partial charge is 0.286 e. The van der Waals surface area contributed by atoms with Gasteiger partial charge in [0.2, 0.25) is 5.88 Å². The molecule has 2 aromatic carbocycles. The predicted octanol–water partition coefficient (Wildman–Crippen LogP) is 5.95. The number of nitrogens with one attached hydrogen (secondary N) is 1. The number of amides is 2. The third-order valence-electron chi connectivity index (χ3n) is 10.9. The van der Waals surface area contributed by atoms with Gasteiger partial charge in [0.05, 0.1) is 44.0 Å². The molecule has 1 fully saturated rings. The van der Waals surface area contributed by atoms with E-state index in [-0.39, 0.29) is 34.8 Å². The molecule has 2 aliphatic heterocycles. The summed E-state index contributed by atoms with van der Waals surface area (Å²) >= 11 is 6.50. The van der Waals surface area contributed by atoms with Crippen LogP contribution in [0.15, 0.2) is 59.1 Å². The number of nitrogens with zero attached hydrogens (tertiary/aromatic N) is 5. The molecular weight excluding hydrogens is 756 g/mol. The van der Waals surface area contributed by atoms with Crippen LogP contribution in [0, 0.1) is 17.8 Å². The lowest BCUT2D eigenvalue weighted by atomic mass is 9.70. The first kappa shape index (κ1) is 41.7. The Bertz CT molecular complexity index is 2030. The zero-order valence-corrected chi connectivity index (χ0v) is 34.8. The number of hydrogen-bond donors (Lipinski definition) is 1. The van der Waals surface area contributed by atoms with Crippen molar-refractivity contribution in [2.45, 2.75) is 57.8 Å². The largest absolute Gasteiger partial charge is 0.491 e. The molecular formula is C41H55ClN6O7S. The number of likely N-dealkylation sites (N-methyl/N-ethyl adjacent to an activating group) is 1. The number of aryl methyl sites for hydroxylation is 2. The molecule has 1 aliphatic carbocycles. The highest BCUT2D eigenvalue weighted by molar-refractivity contribution is 7.92. The van der Waals surface area contributed by atoms with Gasteiger partial charge in [0.25, 0.3) is 11.8 Å². The third kappa shape index (κ3) is 10.1. The van der Waals surface area contributed by atoms with Crippen LogP contribution < -0.4 is 19.1 Å². The van der Waals surface area contributed by atoms with Crippen LogP contribution in [0.4, 0.5) is 5.69 Å². The van der Waals surface area contributed by atoms with Gasteiger partial charge < -0.3 is 28.7 Å². The molecule has 6 rings (SSSR count). The second-order valence-corrected chi connectivity index (χ2v) is 17.8. The zero-order chi connectivity index (χ0) is 40.0. The highest BCUT2D eigenvalue weighted by Crippen LogP contribution is 2.42. The SMILES string of the molecule is COc1nn(C)cc1C(=O)NS1(=O)=NC(=O)c2ccc3c(c2)N(Cc2ccc(Cl)cc2CCCCO3)C[C@@H]2CC[C@H]2[C@@H](OC)/C=C/[C@H](OCCN(C)C)[C@H](C)C1. The van der Waals surface area contributed by atoms with E-state index in [4.69, 9.17) is 30.5 Å². The van der Waals surface area contributed by atoms with Gasteiger partial charge in [-0.2, -0.15) is 0 Å². The van der Waals surface area contributed by atoms with E-state index in [9.17, 15) is 9.59 Å². The van der Waals surface area contributed by atoms with Crippen molar-refractivity contribution in [1.29, 1.82) is 0 Å². The van der Waals surface area contributed by atoms with Crippen molar-refractivity contribution in [1.82, 2.24) is 19.4 Å². The summed E-state index contributed by atoms with van der Waals surface area (Å²) in [5, 5.41) is 4.88. The maximum atomic E-state index is 15.0. The van der Waals surface area contributed by atoms with Gasteiger partial charge in [-0.3, -0.25) is 19.0 Å². The van der Waals surface area contributed by atoms with Gasteiger partial charge >= 0.3 is 0 Å². The van der Waals surface area contributed by atoms with Gasteiger partial charge in [-0.25, -0.2) is 4.21 Å². The van der Waals surface area contributed by atoms with Crippen LogP contribution in [0.3, 0.4) is 0 Å². The highest BCUT2D eigenvalue weighted by atomic mass is 35.5. The summed E-state index contributed by atoms with van der Waals surface area (Å²) in [5.41, 5.74) is 3.38. The number of fused-ring (bicyclic) bond motifs is 3. The molecule has 15 heteroatoms. The standard InChI is InChI=1S/C41H55ClN6O7S/c1-27-26-56(51,45-40(50)34-25-47(4)43-41(34)53-6)44-39(49)29-12-15-38-35(22-29)48(23-30-10-13-32(42)21-28(30)9-7-8-19-54-38)24-31-11-14-33(31)37(52-5)17-16-36(27)55-20-18-46(2)3/h10,12-13,15-17,21-22,25,27,31,33,36-37H,7-9,11,14,18-20,23-24,26H2,1-6H3,(H,44,45,49,50,51)/b17-16+/t27-,31+,33-,36+,37+,56?/m1/s1. The predicted molar refractivity (Wildman–Crippen MR) is 218 cm³/mol. The number of carbonyl (C=O) groups excluding carboxylic acids is 2. The lowest BCUT2D eigenvalue weighted by molar-refractivity contribution is 0.0106. The number of rotatable bonds is 8. The lowest BCUT2D eigenvalue weighted by Gasteiger charge is -2.43. The number of carbonyl (C=O) groups is 2. The van der Waals surface area contributed by atoms with E-state index in [2.05, 4.69) is 31.2 Å². The molecule has 3 heterocycles. The summed E-state index contributed by atoms with van der Waals surface area (Å²) in [6.45, 7) is 4.71. The molecule has 2 bridgehead atoms. The first-order valence-corrected chi connectivity index (χ1v) is 21.4. The summed E-state index contributed by atoms with van der Waals surface area (Å²) in [4.78, 5) is 32.4. The van der Waals surface area contributed by atoms with Gasteiger partial charge in [-0.15, -0.1) is 9.46 Å². The maximum Gasteiger partial charge on any atom is 0.286 e. The first-order chi connectivity index (χ1) is 26.9. The van der Waals surface area contributed by atoms with Crippen molar-refractivity contribution in [2.24, 2.45) is 29.2 Å². The molecule has 0 radical (unpaired) electrons. The Morgan fingerprint density at radius 1 is 1.09 bits per heavy atom. The first-order valence-electron chi connectivity index (χ1n) is 19.3. The van der Waals surface area contributed by atoms with E-state index < -0.39 is 33.8 Å². The Morgan fingerprint density at radius 3 is 2.62 bits per heavy atom. The van der Waals surface area contributed by atoms with E-state index in [1.165, 1.54) is 23.6 Å². The Labute approximate surface area is 335 Å². The number of hydrogen-bond acceptors (Lipinski definition) is 10. The molecule has 0 spiro atoms. The van der Waals surface area contributed by atoms with E-state index in [0.29, 0.717) is 49.5 Å². The fourth-order valence-corrected chi connectivity index (χ4v) is 9.77. The van der Waals surface area contributed by atoms with Crippen LogP contribution in [0.1, 0.15) is 64.4 Å². The Kier molecular flexibility index (Phi) is 13.8. The quantitative estimate of drug-likeness (QED) is 0.272. The van der Waals surface area contributed by atoms with Gasteiger partial charge in [0.1, 0.15) is 21.2 Å². The lowest BCUT2D eigenvalue weighted by Crippen LogP contribution is -2.43. The van der Waals surface area contributed by atoms with Crippen LogP contribution >= 0.6 is 11.6 Å². The monoisotopic (exact) mass is 810 g/mol.